The Labute approximate surface area is 444 Å². The molecule has 1 aliphatic rings. The van der Waals surface area contributed by atoms with E-state index in [1.165, 1.54) is 196 Å². The molecule has 16 aromatic carbocycles. The lowest BCUT2D eigenvalue weighted by Gasteiger charge is -2.20. The number of aryl methyl sites for hydroxylation is 2. The molecule has 1 nitrogen and oxygen atoms in total. The lowest BCUT2D eigenvalue weighted by atomic mass is 9.84. The highest BCUT2D eigenvalue weighted by Crippen LogP contribution is 2.58. The molecule has 0 spiro atoms. The van der Waals surface area contributed by atoms with Gasteiger partial charge in [-0.25, -0.2) is 0 Å². The number of para-hydroxylation sites is 2. The molecular formula is C76H49N. The van der Waals surface area contributed by atoms with E-state index in [9.17, 15) is 0 Å². The van der Waals surface area contributed by atoms with Gasteiger partial charge in [0.1, 0.15) is 0 Å². The summed E-state index contributed by atoms with van der Waals surface area (Å²) in [6.45, 7) is 11.6. The van der Waals surface area contributed by atoms with Crippen LogP contribution in [0.15, 0.2) is 206 Å². The van der Waals surface area contributed by atoms with E-state index in [1.54, 1.807) is 0 Å². The SMILES string of the molecule is Cc1ccccc1-c1c2cc3c(cc2c(-c2ccccc2C)c2c4ccc5c6ccc7c8c(ccc(c9ccc(c12)c4c95)c86)-c1cc(C(C)(C)C)ccc1-7)c1ccc(-n2c4ccccc4c4ccccc42)c2cccc3c21. The van der Waals surface area contributed by atoms with Gasteiger partial charge in [-0.1, -0.05) is 191 Å². The van der Waals surface area contributed by atoms with Crippen LogP contribution in [0.1, 0.15) is 37.5 Å². The van der Waals surface area contributed by atoms with E-state index < -0.39 is 0 Å². The molecule has 0 saturated carbocycles. The van der Waals surface area contributed by atoms with E-state index >= 15 is 0 Å². The molecule has 17 aromatic rings. The van der Waals surface area contributed by atoms with Gasteiger partial charge in [-0.05, 0) is 219 Å². The first-order valence-electron chi connectivity index (χ1n) is 27.4. The van der Waals surface area contributed by atoms with Gasteiger partial charge in [0.15, 0.2) is 0 Å². The molecule has 18 rings (SSSR count). The molecule has 0 saturated heterocycles. The summed E-state index contributed by atoms with van der Waals surface area (Å²) in [4.78, 5) is 0. The maximum atomic E-state index is 2.59. The lowest BCUT2D eigenvalue weighted by molar-refractivity contribution is 0.590. The highest BCUT2D eigenvalue weighted by molar-refractivity contribution is 6.47. The number of rotatable bonds is 3. The Kier molecular flexibility index (Phi) is 7.82. The molecule has 0 atom stereocenters. The first kappa shape index (κ1) is 42.0. The molecule has 1 heterocycles. The lowest BCUT2D eigenvalue weighted by Crippen LogP contribution is -2.10. The van der Waals surface area contributed by atoms with Crippen LogP contribution < -0.4 is 0 Å². The van der Waals surface area contributed by atoms with E-state index in [-0.39, 0.29) is 5.41 Å². The summed E-state index contributed by atoms with van der Waals surface area (Å²) < 4.78 is 2.49. The molecule has 1 aromatic heterocycles. The number of hydrogen-bond acceptors (Lipinski definition) is 0. The number of hydrogen-bond donors (Lipinski definition) is 0. The molecule has 358 valence electrons. The molecule has 0 N–H and O–H groups in total. The number of nitrogens with zero attached hydrogens (tertiary/aromatic N) is 1. The van der Waals surface area contributed by atoms with E-state index in [2.05, 4.69) is 245 Å². The molecule has 0 fully saturated rings. The molecule has 0 bridgehead atoms. The second kappa shape index (κ2) is 14.3. The first-order valence-corrected chi connectivity index (χ1v) is 27.4. The number of aromatic nitrogens is 1. The predicted molar refractivity (Wildman–Crippen MR) is 333 cm³/mol. The van der Waals surface area contributed by atoms with Crippen molar-refractivity contribution in [3.63, 3.8) is 0 Å². The first-order chi connectivity index (χ1) is 37.7. The maximum Gasteiger partial charge on any atom is 0.0541 e. The van der Waals surface area contributed by atoms with Crippen molar-refractivity contribution in [2.45, 2.75) is 40.0 Å². The minimum absolute atomic E-state index is 0.0673. The Morgan fingerprint density at radius 2 is 0.688 bits per heavy atom. The third-order valence-electron chi connectivity index (χ3n) is 18.6. The average molecular weight is 976 g/mol. The van der Waals surface area contributed by atoms with Crippen LogP contribution in [-0.2, 0) is 5.41 Å². The molecule has 0 unspecified atom stereocenters. The van der Waals surface area contributed by atoms with Crippen LogP contribution in [-0.4, -0.2) is 4.57 Å². The van der Waals surface area contributed by atoms with E-state index in [0.717, 1.165) is 0 Å². The second-order valence-electron chi connectivity index (χ2n) is 23.5. The minimum atomic E-state index is 0.0673. The van der Waals surface area contributed by atoms with Crippen LogP contribution in [0.2, 0.25) is 0 Å². The molecule has 0 amide bonds. The zero-order valence-electron chi connectivity index (χ0n) is 43.6. The minimum Gasteiger partial charge on any atom is -0.309 e. The van der Waals surface area contributed by atoms with Gasteiger partial charge in [0.25, 0.3) is 0 Å². The van der Waals surface area contributed by atoms with Gasteiger partial charge >= 0.3 is 0 Å². The second-order valence-corrected chi connectivity index (χ2v) is 23.5. The fourth-order valence-electron chi connectivity index (χ4n) is 15.2. The summed E-state index contributed by atoms with van der Waals surface area (Å²) >= 11 is 0. The van der Waals surface area contributed by atoms with Crippen LogP contribution in [0.25, 0.3) is 180 Å². The van der Waals surface area contributed by atoms with Crippen LogP contribution in [0.4, 0.5) is 0 Å². The van der Waals surface area contributed by atoms with Crippen LogP contribution in [0, 0.1) is 13.8 Å². The summed E-state index contributed by atoms with van der Waals surface area (Å²) in [6.07, 6.45) is 0. The molecule has 0 aliphatic heterocycles. The van der Waals surface area contributed by atoms with Crippen LogP contribution in [0.3, 0.4) is 0 Å². The van der Waals surface area contributed by atoms with Crippen molar-refractivity contribution < 1.29 is 0 Å². The zero-order chi connectivity index (χ0) is 50.9. The van der Waals surface area contributed by atoms with Crippen LogP contribution in [0.5, 0.6) is 0 Å². The fourth-order valence-corrected chi connectivity index (χ4v) is 15.2. The summed E-state index contributed by atoms with van der Waals surface area (Å²) in [5.41, 5.74) is 18.3. The third kappa shape index (κ3) is 5.16. The Hall–Kier alpha value is -9.30. The van der Waals surface area contributed by atoms with Gasteiger partial charge in [0, 0.05) is 16.2 Å². The summed E-state index contributed by atoms with van der Waals surface area (Å²) in [5.74, 6) is 0. The van der Waals surface area contributed by atoms with E-state index in [1.807, 2.05) is 0 Å². The smallest absolute Gasteiger partial charge is 0.0541 e. The normalized spacial score (nSPS) is 13.0. The van der Waals surface area contributed by atoms with Crippen molar-refractivity contribution in [1.29, 1.82) is 0 Å². The van der Waals surface area contributed by atoms with Crippen molar-refractivity contribution in [3.05, 3.63) is 223 Å². The highest BCUT2D eigenvalue weighted by atomic mass is 15.0. The number of fused-ring (bicyclic) bond motifs is 15. The molecule has 77 heavy (non-hydrogen) atoms. The van der Waals surface area contributed by atoms with Gasteiger partial charge in [-0.2, -0.15) is 0 Å². The molecule has 1 heteroatoms. The van der Waals surface area contributed by atoms with Gasteiger partial charge in [-0.15, -0.1) is 0 Å². The van der Waals surface area contributed by atoms with Crippen molar-refractivity contribution >= 4 is 130 Å². The van der Waals surface area contributed by atoms with Crippen molar-refractivity contribution in [1.82, 2.24) is 4.57 Å². The zero-order valence-corrected chi connectivity index (χ0v) is 43.6. The molecule has 1 aliphatic carbocycles. The van der Waals surface area contributed by atoms with Gasteiger partial charge in [0.05, 0.1) is 16.7 Å². The van der Waals surface area contributed by atoms with E-state index in [0.29, 0.717) is 0 Å². The quantitative estimate of drug-likeness (QED) is 0.123. The van der Waals surface area contributed by atoms with Crippen molar-refractivity contribution in [2.75, 3.05) is 0 Å². The molecular weight excluding hydrogens is 927 g/mol. The Morgan fingerprint density at radius 1 is 0.260 bits per heavy atom. The monoisotopic (exact) mass is 975 g/mol. The van der Waals surface area contributed by atoms with Gasteiger partial charge in [0.2, 0.25) is 0 Å². The van der Waals surface area contributed by atoms with E-state index in [4.69, 9.17) is 0 Å². The average Bonchev–Trinajstić information content (AvgIpc) is 4.35. The predicted octanol–water partition coefficient (Wildman–Crippen LogP) is 21.5. The van der Waals surface area contributed by atoms with Gasteiger partial charge in [-0.3, -0.25) is 0 Å². The summed E-state index contributed by atoms with van der Waals surface area (Å²) in [7, 11) is 0. The topological polar surface area (TPSA) is 4.93 Å². The van der Waals surface area contributed by atoms with Gasteiger partial charge < -0.3 is 4.57 Å². The molecule has 0 radical (unpaired) electrons. The summed E-state index contributed by atoms with van der Waals surface area (Å²) in [6, 6.07) is 79.7. The Bertz CT molecular complexity index is 5280. The Morgan fingerprint density at radius 3 is 1.27 bits per heavy atom. The largest absolute Gasteiger partial charge is 0.309 e. The van der Waals surface area contributed by atoms with Crippen molar-refractivity contribution in [3.8, 4) is 50.2 Å². The maximum absolute atomic E-state index is 2.59. The standard InChI is InChI=1S/C76H49N/c1-40-15-6-8-17-43(40)68-62-38-60-48-21-14-22-56-66(77-64-23-12-10-19-46(64)47-20-11-13-24-65(47)77)36-35-54(67(48)56)61(60)39-63(62)69(44-18-9-7-16-41(44)2)75-58-33-31-52-50-28-27-49-45-26-25-42(76(3,4)5)37-59(45)55-30-29-51(71(50)70(49)55)53-32-34-57(74(68)75)73(58)72(52)53/h6-39H,1-5H3. The Balaban J connectivity index is 0.992. The fraction of sp³-hybridized carbons (Fsp3) is 0.0789. The van der Waals surface area contributed by atoms with Crippen molar-refractivity contribution in [2.24, 2.45) is 0 Å². The third-order valence-corrected chi connectivity index (χ3v) is 18.6. The highest BCUT2D eigenvalue weighted by Gasteiger charge is 2.31. The summed E-state index contributed by atoms with van der Waals surface area (Å²) in [5, 5.41) is 29.1. The number of benzene rings is 14. The van der Waals surface area contributed by atoms with Crippen LogP contribution >= 0.6 is 0 Å².